The largest absolute Gasteiger partial charge is 0.457 e. The summed E-state index contributed by atoms with van der Waals surface area (Å²) in [5, 5.41) is 11.9. The molecule has 9 nitrogen and oxygen atoms in total. The SMILES string of the molecule is CNc1ccc(Cc2ccc(NC(=O)c3cccc(C(=O)Nc4ccc(Oc5ccc(NC(=O)c6cccc(C(C)=O)c6)cc5)cc4)c3)c(C)c2)cc1C. The molecule has 0 unspecified atom stereocenters. The number of anilines is 4. The fourth-order valence-corrected chi connectivity index (χ4v) is 5.96. The van der Waals surface area contributed by atoms with E-state index < -0.39 is 0 Å². The second-order valence-corrected chi connectivity index (χ2v) is 13.0. The standard InChI is InChI=1S/C45H40N4O5/c1-28-23-31(11-21-41(28)46-4)25-32-12-22-42(29(2)24-32)49-45(53)36-10-6-9-35(27-36)44(52)48-38-15-19-40(20-16-38)54-39-17-13-37(14-18-39)47-43(51)34-8-5-7-33(26-34)30(3)50/h5-24,26-27,46H,25H2,1-4H3,(H,47,51)(H,48,52)(H,49,53). The number of ketones is 1. The first-order valence-corrected chi connectivity index (χ1v) is 17.4. The van der Waals surface area contributed by atoms with E-state index in [1.807, 2.05) is 26.1 Å². The van der Waals surface area contributed by atoms with Crippen LogP contribution in [0.25, 0.3) is 0 Å². The van der Waals surface area contributed by atoms with Gasteiger partial charge in [0.25, 0.3) is 17.7 Å². The number of rotatable bonds is 12. The Kier molecular flexibility index (Phi) is 11.3. The maximum absolute atomic E-state index is 13.2. The van der Waals surface area contributed by atoms with Crippen molar-refractivity contribution in [1.82, 2.24) is 0 Å². The van der Waals surface area contributed by atoms with Gasteiger partial charge in [0, 0.05) is 52.1 Å². The highest BCUT2D eigenvalue weighted by molar-refractivity contribution is 6.09. The van der Waals surface area contributed by atoms with Crippen molar-refractivity contribution >= 4 is 46.3 Å². The molecule has 6 aromatic rings. The second kappa shape index (κ2) is 16.6. The molecule has 0 spiro atoms. The maximum atomic E-state index is 13.2. The van der Waals surface area contributed by atoms with Gasteiger partial charge in [0.1, 0.15) is 11.5 Å². The molecule has 6 rings (SSSR count). The predicted octanol–water partition coefficient (Wildman–Crippen LogP) is 9.69. The van der Waals surface area contributed by atoms with Gasteiger partial charge in [0.2, 0.25) is 0 Å². The van der Waals surface area contributed by atoms with Gasteiger partial charge in [0.05, 0.1) is 0 Å². The molecule has 0 aliphatic carbocycles. The third-order valence-electron chi connectivity index (χ3n) is 8.89. The summed E-state index contributed by atoms with van der Waals surface area (Å²) in [4.78, 5) is 50.7. The van der Waals surface area contributed by atoms with Gasteiger partial charge in [-0.15, -0.1) is 0 Å². The summed E-state index contributed by atoms with van der Waals surface area (Å²) in [7, 11) is 1.91. The molecular formula is C45H40N4O5. The first-order chi connectivity index (χ1) is 26.0. The van der Waals surface area contributed by atoms with Crippen LogP contribution in [0.5, 0.6) is 11.5 Å². The Bertz CT molecular complexity index is 2350. The summed E-state index contributed by atoms with van der Waals surface area (Å²) in [6, 6.07) is 39.3. The summed E-state index contributed by atoms with van der Waals surface area (Å²) < 4.78 is 5.94. The highest BCUT2D eigenvalue weighted by Crippen LogP contribution is 2.26. The van der Waals surface area contributed by atoms with Crippen LogP contribution in [0, 0.1) is 13.8 Å². The van der Waals surface area contributed by atoms with E-state index in [1.165, 1.54) is 18.1 Å². The minimum absolute atomic E-state index is 0.111. The van der Waals surface area contributed by atoms with Crippen LogP contribution >= 0.6 is 0 Å². The Hall–Kier alpha value is -7.00. The zero-order chi connectivity index (χ0) is 38.2. The smallest absolute Gasteiger partial charge is 0.255 e. The van der Waals surface area contributed by atoms with Crippen LogP contribution < -0.4 is 26.0 Å². The lowest BCUT2D eigenvalue weighted by Crippen LogP contribution is -2.16. The number of ether oxygens (including phenoxy) is 1. The lowest BCUT2D eigenvalue weighted by molar-refractivity contribution is 0.100. The molecule has 9 heteroatoms. The van der Waals surface area contributed by atoms with Crippen molar-refractivity contribution in [2.75, 3.05) is 28.3 Å². The number of carbonyl (C=O) groups is 4. The number of nitrogens with one attached hydrogen (secondary N) is 4. The first-order valence-electron chi connectivity index (χ1n) is 17.4. The van der Waals surface area contributed by atoms with E-state index in [1.54, 1.807) is 97.1 Å². The van der Waals surface area contributed by atoms with Crippen molar-refractivity contribution in [3.63, 3.8) is 0 Å². The van der Waals surface area contributed by atoms with Gasteiger partial charge < -0.3 is 26.0 Å². The van der Waals surface area contributed by atoms with Crippen molar-refractivity contribution in [2.24, 2.45) is 0 Å². The lowest BCUT2D eigenvalue weighted by Gasteiger charge is -2.12. The Balaban J connectivity index is 1.01. The summed E-state index contributed by atoms with van der Waals surface area (Å²) in [5.41, 5.74) is 9.00. The molecule has 0 fully saturated rings. The number of benzene rings is 6. The molecule has 0 saturated carbocycles. The maximum Gasteiger partial charge on any atom is 0.255 e. The Labute approximate surface area is 314 Å². The van der Waals surface area contributed by atoms with E-state index in [0.29, 0.717) is 50.8 Å². The molecule has 4 N–H and O–H groups in total. The van der Waals surface area contributed by atoms with Crippen LogP contribution in [0.2, 0.25) is 0 Å². The van der Waals surface area contributed by atoms with Gasteiger partial charge in [0.15, 0.2) is 5.78 Å². The minimum Gasteiger partial charge on any atom is -0.457 e. The molecule has 0 heterocycles. The monoisotopic (exact) mass is 716 g/mol. The predicted molar refractivity (Wildman–Crippen MR) is 214 cm³/mol. The average molecular weight is 717 g/mol. The number of hydrogen-bond donors (Lipinski definition) is 4. The van der Waals surface area contributed by atoms with E-state index in [9.17, 15) is 19.2 Å². The van der Waals surface area contributed by atoms with E-state index in [2.05, 4.69) is 52.5 Å². The quantitative estimate of drug-likeness (QED) is 0.0935. The molecule has 0 aliphatic rings. The topological polar surface area (TPSA) is 126 Å². The van der Waals surface area contributed by atoms with Gasteiger partial charge in [-0.25, -0.2) is 0 Å². The van der Waals surface area contributed by atoms with E-state index in [4.69, 9.17) is 4.74 Å². The summed E-state index contributed by atoms with van der Waals surface area (Å²) in [6.45, 7) is 5.51. The van der Waals surface area contributed by atoms with Crippen molar-refractivity contribution < 1.29 is 23.9 Å². The van der Waals surface area contributed by atoms with Gasteiger partial charge in [-0.1, -0.05) is 42.5 Å². The number of hydrogen-bond acceptors (Lipinski definition) is 6. The number of amides is 3. The third kappa shape index (κ3) is 9.26. The van der Waals surface area contributed by atoms with Gasteiger partial charge >= 0.3 is 0 Å². The zero-order valence-electron chi connectivity index (χ0n) is 30.5. The highest BCUT2D eigenvalue weighted by atomic mass is 16.5. The molecule has 3 amide bonds. The lowest BCUT2D eigenvalue weighted by atomic mass is 10.00. The van der Waals surface area contributed by atoms with E-state index in [-0.39, 0.29) is 23.5 Å². The molecule has 0 aromatic heterocycles. The van der Waals surface area contributed by atoms with Gasteiger partial charge in [-0.2, -0.15) is 0 Å². The Morgan fingerprint density at radius 1 is 0.500 bits per heavy atom. The van der Waals surface area contributed by atoms with E-state index >= 15 is 0 Å². The molecule has 54 heavy (non-hydrogen) atoms. The molecule has 0 bridgehead atoms. The van der Waals surface area contributed by atoms with Crippen LogP contribution in [-0.2, 0) is 6.42 Å². The molecular weight excluding hydrogens is 677 g/mol. The molecule has 270 valence electrons. The van der Waals surface area contributed by atoms with Crippen molar-refractivity contribution in [3.05, 3.63) is 178 Å². The van der Waals surface area contributed by atoms with Crippen LogP contribution in [0.3, 0.4) is 0 Å². The summed E-state index contributed by atoms with van der Waals surface area (Å²) >= 11 is 0. The Morgan fingerprint density at radius 3 is 1.37 bits per heavy atom. The molecule has 0 radical (unpaired) electrons. The first kappa shape index (κ1) is 36.8. The van der Waals surface area contributed by atoms with Gasteiger partial charge in [-0.05, 0) is 140 Å². The highest BCUT2D eigenvalue weighted by Gasteiger charge is 2.14. The van der Waals surface area contributed by atoms with E-state index in [0.717, 1.165) is 23.2 Å². The fraction of sp³-hybridized carbons (Fsp3) is 0.111. The molecule has 0 atom stereocenters. The fourth-order valence-electron chi connectivity index (χ4n) is 5.96. The Morgan fingerprint density at radius 2 is 0.926 bits per heavy atom. The van der Waals surface area contributed by atoms with Crippen molar-refractivity contribution in [2.45, 2.75) is 27.2 Å². The van der Waals surface area contributed by atoms with Crippen LogP contribution in [0.1, 0.15) is 70.6 Å². The molecule has 6 aromatic carbocycles. The van der Waals surface area contributed by atoms with Gasteiger partial charge in [-0.3, -0.25) is 19.2 Å². The summed E-state index contributed by atoms with van der Waals surface area (Å²) in [6.07, 6.45) is 0.783. The molecule has 0 aliphatic heterocycles. The summed E-state index contributed by atoms with van der Waals surface area (Å²) in [5.74, 6) is -0.00652. The molecule has 0 saturated heterocycles. The second-order valence-electron chi connectivity index (χ2n) is 13.0. The normalized spacial score (nSPS) is 10.6. The average Bonchev–Trinajstić information content (AvgIpc) is 3.17. The third-order valence-corrected chi connectivity index (χ3v) is 8.89. The van der Waals surface area contributed by atoms with Crippen LogP contribution in [0.4, 0.5) is 22.7 Å². The van der Waals surface area contributed by atoms with Crippen molar-refractivity contribution in [3.8, 4) is 11.5 Å². The van der Waals surface area contributed by atoms with Crippen LogP contribution in [-0.4, -0.2) is 30.6 Å². The minimum atomic E-state index is -0.359. The van der Waals surface area contributed by atoms with Crippen LogP contribution in [0.15, 0.2) is 133 Å². The number of carbonyl (C=O) groups excluding carboxylic acids is 4. The number of Topliss-reactive ketones (excluding diaryl/α,β-unsaturated/α-hetero) is 1. The number of aryl methyl sites for hydroxylation is 2. The zero-order valence-corrected chi connectivity index (χ0v) is 30.5. The van der Waals surface area contributed by atoms with Crippen molar-refractivity contribution in [1.29, 1.82) is 0 Å².